The second kappa shape index (κ2) is 7.05. The Morgan fingerprint density at radius 1 is 1.27 bits per heavy atom. The number of aliphatic hydroxyl groups excluding tert-OH is 5. The Morgan fingerprint density at radius 2 is 1.91 bits per heavy atom. The molecule has 0 saturated carbocycles. The summed E-state index contributed by atoms with van der Waals surface area (Å²) in [5.41, 5.74) is 0.445. The molecule has 1 aliphatic rings. The van der Waals surface area contributed by atoms with Crippen LogP contribution in [0.1, 0.15) is 0 Å². The molecule has 22 heavy (non-hydrogen) atoms. The van der Waals surface area contributed by atoms with Gasteiger partial charge < -0.3 is 30.8 Å². The zero-order valence-corrected chi connectivity index (χ0v) is 12.9. The first kappa shape index (κ1) is 17.4. The van der Waals surface area contributed by atoms with Crippen molar-refractivity contribution in [2.24, 2.45) is 0 Å². The molecule has 1 fully saturated rings. The zero-order chi connectivity index (χ0) is 16.4. The number of para-hydroxylation sites is 1. The number of aliphatic hydroxyl groups is 5. The summed E-state index contributed by atoms with van der Waals surface area (Å²) >= 11 is 11.2. The maximum atomic E-state index is 10.4. The van der Waals surface area contributed by atoms with Crippen LogP contribution < -0.4 is 10.2 Å². The SMILES string of the molecule is OC[C@@H](O)[C@@H](O)[C@H](O)[C@@H]1NC(=S)N(c2ccccc2Cl)[C@@H]1O. The van der Waals surface area contributed by atoms with E-state index >= 15 is 0 Å². The first-order valence-electron chi connectivity index (χ1n) is 6.56. The molecule has 0 radical (unpaired) electrons. The quantitative estimate of drug-likeness (QED) is 0.367. The smallest absolute Gasteiger partial charge is 0.176 e. The van der Waals surface area contributed by atoms with Gasteiger partial charge in [0.2, 0.25) is 0 Å². The van der Waals surface area contributed by atoms with Gasteiger partial charge in [0.25, 0.3) is 0 Å². The normalized spacial score (nSPS) is 25.7. The number of hydrogen-bond donors (Lipinski definition) is 6. The van der Waals surface area contributed by atoms with Gasteiger partial charge in [0, 0.05) is 0 Å². The van der Waals surface area contributed by atoms with Gasteiger partial charge in [0.1, 0.15) is 24.4 Å². The van der Waals surface area contributed by atoms with Crippen molar-refractivity contribution >= 4 is 34.6 Å². The number of nitrogens with one attached hydrogen (secondary N) is 1. The van der Waals surface area contributed by atoms with E-state index in [0.717, 1.165) is 0 Å². The molecule has 0 amide bonds. The lowest BCUT2D eigenvalue weighted by atomic mass is 10.0. The van der Waals surface area contributed by atoms with Crippen molar-refractivity contribution in [1.82, 2.24) is 5.32 Å². The van der Waals surface area contributed by atoms with Crippen molar-refractivity contribution in [3.05, 3.63) is 29.3 Å². The summed E-state index contributed by atoms with van der Waals surface area (Å²) in [5.74, 6) is 0. The largest absolute Gasteiger partial charge is 0.394 e. The van der Waals surface area contributed by atoms with Gasteiger partial charge in [-0.05, 0) is 24.4 Å². The van der Waals surface area contributed by atoms with Crippen molar-refractivity contribution in [3.63, 3.8) is 0 Å². The molecular weight excluding hydrogens is 332 g/mol. The van der Waals surface area contributed by atoms with E-state index in [4.69, 9.17) is 28.9 Å². The number of rotatable bonds is 5. The minimum absolute atomic E-state index is 0.121. The van der Waals surface area contributed by atoms with Gasteiger partial charge in [-0.3, -0.25) is 4.90 Å². The fourth-order valence-corrected chi connectivity index (χ4v) is 2.85. The summed E-state index contributed by atoms with van der Waals surface area (Å²) < 4.78 is 0. The molecule has 0 spiro atoms. The molecule has 1 aromatic rings. The van der Waals surface area contributed by atoms with Crippen LogP contribution in [0.15, 0.2) is 24.3 Å². The molecule has 7 nitrogen and oxygen atoms in total. The van der Waals surface area contributed by atoms with Gasteiger partial charge in [-0.25, -0.2) is 0 Å². The number of benzene rings is 1. The number of halogens is 1. The minimum Gasteiger partial charge on any atom is -0.394 e. The molecule has 2 rings (SSSR count). The summed E-state index contributed by atoms with van der Waals surface area (Å²) in [6.07, 6.45) is -6.04. The van der Waals surface area contributed by atoms with E-state index in [1.54, 1.807) is 24.3 Å². The molecule has 1 aromatic carbocycles. The summed E-state index contributed by atoms with van der Waals surface area (Å²) in [5, 5.41) is 51.6. The standard InChI is InChI=1S/C13H17ClN2O5S/c14-6-3-1-2-4-7(6)16-12(21)9(15-13(16)22)11(20)10(19)8(18)5-17/h1-4,8-12,17-21H,5H2,(H,15,22)/t8-,9+,10-,11-,12-/m1/s1. The third-order valence-corrected chi connectivity index (χ3v) is 4.14. The van der Waals surface area contributed by atoms with Crippen LogP contribution in [0.3, 0.4) is 0 Å². The number of thiocarbonyl (C=S) groups is 1. The Balaban J connectivity index is 2.22. The minimum atomic E-state index is -1.65. The molecule has 0 aliphatic carbocycles. The molecule has 1 aliphatic heterocycles. The average molecular weight is 349 g/mol. The van der Waals surface area contributed by atoms with Crippen LogP contribution in [-0.2, 0) is 0 Å². The van der Waals surface area contributed by atoms with Gasteiger partial charge >= 0.3 is 0 Å². The summed E-state index contributed by atoms with van der Waals surface area (Å²) in [4.78, 5) is 1.31. The van der Waals surface area contributed by atoms with Crippen LogP contribution in [0.25, 0.3) is 0 Å². The van der Waals surface area contributed by atoms with E-state index in [-0.39, 0.29) is 5.11 Å². The fourth-order valence-electron chi connectivity index (χ4n) is 2.28. The Kier molecular flexibility index (Phi) is 5.56. The topological polar surface area (TPSA) is 116 Å². The Bertz CT molecular complexity index is 549. The van der Waals surface area contributed by atoms with Crippen molar-refractivity contribution in [2.75, 3.05) is 11.5 Å². The second-order valence-electron chi connectivity index (χ2n) is 4.94. The van der Waals surface area contributed by atoms with Gasteiger partial charge in [0.05, 0.1) is 17.3 Å². The zero-order valence-electron chi connectivity index (χ0n) is 11.4. The predicted octanol–water partition coefficient (Wildman–Crippen LogP) is -1.20. The van der Waals surface area contributed by atoms with Gasteiger partial charge in [-0.2, -0.15) is 0 Å². The van der Waals surface area contributed by atoms with Crippen LogP contribution in [-0.4, -0.2) is 67.8 Å². The van der Waals surface area contributed by atoms with Gasteiger partial charge in [-0.1, -0.05) is 23.7 Å². The third kappa shape index (κ3) is 3.18. The maximum absolute atomic E-state index is 10.4. The fraction of sp³-hybridized carbons (Fsp3) is 0.462. The maximum Gasteiger partial charge on any atom is 0.176 e. The highest BCUT2D eigenvalue weighted by Crippen LogP contribution is 2.30. The van der Waals surface area contributed by atoms with Crippen LogP contribution in [0, 0.1) is 0 Å². The predicted molar refractivity (Wildman–Crippen MR) is 84.6 cm³/mol. The van der Waals surface area contributed by atoms with Crippen LogP contribution in [0.5, 0.6) is 0 Å². The lowest BCUT2D eigenvalue weighted by molar-refractivity contribution is -0.0946. The van der Waals surface area contributed by atoms with Crippen LogP contribution in [0.2, 0.25) is 5.02 Å². The lowest BCUT2D eigenvalue weighted by Crippen LogP contribution is -2.53. The number of anilines is 1. The van der Waals surface area contributed by atoms with E-state index in [9.17, 15) is 20.4 Å². The highest BCUT2D eigenvalue weighted by atomic mass is 35.5. The van der Waals surface area contributed by atoms with E-state index in [0.29, 0.717) is 10.7 Å². The average Bonchev–Trinajstić information content (AvgIpc) is 2.80. The van der Waals surface area contributed by atoms with Crippen molar-refractivity contribution in [3.8, 4) is 0 Å². The lowest BCUT2D eigenvalue weighted by Gasteiger charge is -2.29. The summed E-state index contributed by atoms with van der Waals surface area (Å²) in [6.45, 7) is -0.723. The second-order valence-corrected chi connectivity index (χ2v) is 5.74. The summed E-state index contributed by atoms with van der Waals surface area (Å²) in [6, 6.07) is 5.65. The van der Waals surface area contributed by atoms with Gasteiger partial charge in [0.15, 0.2) is 11.3 Å². The van der Waals surface area contributed by atoms with Crippen molar-refractivity contribution in [1.29, 1.82) is 0 Å². The van der Waals surface area contributed by atoms with E-state index in [1.807, 2.05) is 0 Å². The van der Waals surface area contributed by atoms with Crippen LogP contribution >= 0.6 is 23.8 Å². The molecule has 122 valence electrons. The van der Waals surface area contributed by atoms with Crippen LogP contribution in [0.4, 0.5) is 5.69 Å². The Hall–Kier alpha value is -1.00. The third-order valence-electron chi connectivity index (χ3n) is 3.51. The molecule has 1 saturated heterocycles. The molecule has 6 N–H and O–H groups in total. The highest BCUT2D eigenvalue weighted by molar-refractivity contribution is 7.80. The summed E-state index contributed by atoms with van der Waals surface area (Å²) in [7, 11) is 0. The Morgan fingerprint density at radius 3 is 2.50 bits per heavy atom. The molecule has 9 heteroatoms. The molecular formula is C13H17ClN2O5S. The molecule has 0 bridgehead atoms. The first-order chi connectivity index (χ1) is 10.4. The Labute approximate surface area is 137 Å². The van der Waals surface area contributed by atoms with Crippen molar-refractivity contribution < 1.29 is 25.5 Å². The molecule has 5 atom stereocenters. The van der Waals surface area contributed by atoms with E-state index in [2.05, 4.69) is 5.32 Å². The molecule has 0 aromatic heterocycles. The van der Waals surface area contributed by atoms with Crippen molar-refractivity contribution in [2.45, 2.75) is 30.6 Å². The highest BCUT2D eigenvalue weighted by Gasteiger charge is 2.44. The van der Waals surface area contributed by atoms with E-state index in [1.165, 1.54) is 4.90 Å². The van der Waals surface area contributed by atoms with E-state index < -0.39 is 37.2 Å². The van der Waals surface area contributed by atoms with Gasteiger partial charge in [-0.15, -0.1) is 0 Å². The molecule has 0 unspecified atom stereocenters. The molecule has 1 heterocycles. The number of nitrogens with zero attached hydrogens (tertiary/aromatic N) is 1. The monoisotopic (exact) mass is 348 g/mol. The number of hydrogen-bond acceptors (Lipinski definition) is 6. The first-order valence-corrected chi connectivity index (χ1v) is 7.34.